The third kappa shape index (κ3) is 11.6. The van der Waals surface area contributed by atoms with E-state index in [0.29, 0.717) is 51.5 Å². The molecule has 0 rings (SSSR count). The lowest BCUT2D eigenvalue weighted by molar-refractivity contribution is 0.0655. The van der Waals surface area contributed by atoms with E-state index in [9.17, 15) is 0 Å². The van der Waals surface area contributed by atoms with Crippen LogP contribution < -0.4 is 0 Å². The predicted octanol–water partition coefficient (Wildman–Crippen LogP) is 6.66. The maximum absolute atomic E-state index is 6.19. The molecule has 0 aromatic rings. The highest BCUT2D eigenvalue weighted by Gasteiger charge is 2.47. The van der Waals surface area contributed by atoms with E-state index in [1.807, 2.05) is 41.5 Å². The van der Waals surface area contributed by atoms with Gasteiger partial charge in [0.15, 0.2) is 0 Å². The Bertz CT molecular complexity index is 506. The molecule has 0 heterocycles. The minimum atomic E-state index is -2.71. The molecule has 0 fully saturated rings. The molecule has 7 nitrogen and oxygen atoms in total. The van der Waals surface area contributed by atoms with Crippen molar-refractivity contribution >= 4 is 25.8 Å². The second-order valence-corrected chi connectivity index (χ2v) is 21.8. The van der Waals surface area contributed by atoms with Crippen LogP contribution in [0.3, 0.4) is 0 Å². The van der Waals surface area contributed by atoms with Crippen LogP contribution in [0.2, 0.25) is 30.2 Å². The van der Waals surface area contributed by atoms with Crippen molar-refractivity contribution in [3.8, 4) is 0 Å². The van der Waals surface area contributed by atoms with Crippen LogP contribution in [0, 0.1) is 11.8 Å². The van der Waals surface area contributed by atoms with Crippen molar-refractivity contribution in [3.63, 3.8) is 0 Å². The molecule has 0 aromatic carbocycles. The van der Waals surface area contributed by atoms with Gasteiger partial charge in [-0.15, -0.1) is 0 Å². The summed E-state index contributed by atoms with van der Waals surface area (Å²) in [7, 11) is -7.21. The predicted molar refractivity (Wildman–Crippen MR) is 158 cm³/mol. The van der Waals surface area contributed by atoms with Gasteiger partial charge in [-0.05, 0) is 71.5 Å². The van der Waals surface area contributed by atoms with Gasteiger partial charge >= 0.3 is 17.6 Å². The zero-order valence-electron chi connectivity index (χ0n) is 26.1. The Morgan fingerprint density at radius 1 is 0.556 bits per heavy atom. The van der Waals surface area contributed by atoms with Gasteiger partial charge in [-0.2, -0.15) is 0 Å². The fourth-order valence-electron chi connectivity index (χ4n) is 4.66. The highest BCUT2D eigenvalue weighted by molar-refractivity contribution is 6.77. The van der Waals surface area contributed by atoms with Crippen molar-refractivity contribution in [3.05, 3.63) is 0 Å². The lowest BCUT2D eigenvalue weighted by atomic mass is 10.2. The number of hydrogen-bond acceptors (Lipinski definition) is 7. The fraction of sp³-hybridized carbons (Fsp3) is 1.00. The van der Waals surface area contributed by atoms with E-state index >= 15 is 0 Å². The smallest absolute Gasteiger partial charge is 0.374 e. The van der Waals surface area contributed by atoms with Crippen molar-refractivity contribution in [2.24, 2.45) is 11.8 Å². The molecule has 0 aliphatic carbocycles. The average molecular weight is 568 g/mol. The molecule has 218 valence electrons. The summed E-state index contributed by atoms with van der Waals surface area (Å²) in [5.74, 6) is 0.769. The van der Waals surface area contributed by atoms with Gasteiger partial charge in [0.2, 0.25) is 0 Å². The van der Waals surface area contributed by atoms with E-state index in [4.69, 9.17) is 26.6 Å². The molecule has 36 heavy (non-hydrogen) atoms. The number of hydrogen-bond donors (Lipinski definition) is 0. The molecule has 0 aliphatic rings. The van der Waals surface area contributed by atoms with Crippen LogP contribution in [0.5, 0.6) is 0 Å². The zero-order valence-corrected chi connectivity index (χ0v) is 29.1. The normalized spacial score (nSPS) is 15.5. The van der Waals surface area contributed by atoms with Crippen molar-refractivity contribution in [1.82, 2.24) is 4.57 Å². The second-order valence-electron chi connectivity index (χ2n) is 11.3. The summed E-state index contributed by atoms with van der Waals surface area (Å²) in [4.78, 5) is 0. The first kappa shape index (κ1) is 36.4. The molecular weight excluding hydrogens is 507 g/mol. The van der Waals surface area contributed by atoms with Crippen LogP contribution in [0.1, 0.15) is 76.2 Å². The van der Waals surface area contributed by atoms with Crippen LogP contribution in [0.15, 0.2) is 0 Å². The van der Waals surface area contributed by atoms with Crippen molar-refractivity contribution in [1.29, 1.82) is 0 Å². The SMILES string of the molecule is CCO[Si](CC(C)CN(CC(C)C[Si](OCC)(OCC)OCC)[Si](C)(C)C(C)(C)C)(OCC)OCC. The molecule has 0 aliphatic heterocycles. The molecule has 0 aromatic heterocycles. The average Bonchev–Trinajstić information content (AvgIpc) is 2.73. The summed E-state index contributed by atoms with van der Waals surface area (Å²) < 4.78 is 39.9. The molecule has 0 radical (unpaired) electrons. The molecule has 0 saturated carbocycles. The Morgan fingerprint density at radius 2 is 0.806 bits per heavy atom. The molecule has 2 atom stereocenters. The largest absolute Gasteiger partial charge is 0.501 e. The highest BCUT2D eigenvalue weighted by Crippen LogP contribution is 2.40. The van der Waals surface area contributed by atoms with E-state index in [1.165, 1.54) is 0 Å². The van der Waals surface area contributed by atoms with Crippen molar-refractivity contribution in [2.75, 3.05) is 52.7 Å². The van der Waals surface area contributed by atoms with Gasteiger partial charge in [-0.1, -0.05) is 47.7 Å². The lowest BCUT2D eigenvalue weighted by Gasteiger charge is -2.48. The van der Waals surface area contributed by atoms with Crippen LogP contribution in [0.4, 0.5) is 0 Å². The third-order valence-corrected chi connectivity index (χ3v) is 19.5. The van der Waals surface area contributed by atoms with E-state index in [0.717, 1.165) is 25.2 Å². The van der Waals surface area contributed by atoms with E-state index in [-0.39, 0.29) is 5.04 Å². The molecule has 0 saturated heterocycles. The molecule has 10 heteroatoms. The number of rotatable bonds is 21. The molecule has 2 unspecified atom stereocenters. The Hall–Kier alpha value is 0.371. The third-order valence-electron chi connectivity index (χ3n) is 7.07. The molecule has 0 amide bonds. The first-order valence-electron chi connectivity index (χ1n) is 14.3. The Morgan fingerprint density at radius 3 is 1.00 bits per heavy atom. The minimum absolute atomic E-state index is 0.231. The first-order valence-corrected chi connectivity index (χ1v) is 21.1. The number of nitrogens with zero attached hydrogens (tertiary/aromatic N) is 1. The maximum Gasteiger partial charge on any atom is 0.501 e. The van der Waals surface area contributed by atoms with Gasteiger partial charge in [-0.3, -0.25) is 0 Å². The summed E-state index contributed by atoms with van der Waals surface area (Å²) in [5.41, 5.74) is 0. The quantitative estimate of drug-likeness (QED) is 0.144. The van der Waals surface area contributed by atoms with Gasteiger partial charge in [0.05, 0.1) is 0 Å². The van der Waals surface area contributed by atoms with Crippen molar-refractivity contribution < 1.29 is 26.6 Å². The van der Waals surface area contributed by atoms with E-state index in [2.05, 4.69) is 52.3 Å². The summed E-state index contributed by atoms with van der Waals surface area (Å²) in [6, 6.07) is 1.66. The lowest BCUT2D eigenvalue weighted by Crippen LogP contribution is -2.58. The molecule has 0 N–H and O–H groups in total. The van der Waals surface area contributed by atoms with Gasteiger partial charge < -0.3 is 31.1 Å². The summed E-state index contributed by atoms with van der Waals surface area (Å²) >= 11 is 0. The topological polar surface area (TPSA) is 58.6 Å². The van der Waals surface area contributed by atoms with Gasteiger partial charge in [-0.25, -0.2) is 0 Å². The second kappa shape index (κ2) is 17.1. The van der Waals surface area contributed by atoms with E-state index < -0.39 is 25.8 Å². The molecular formula is C26H61NO6Si3. The summed E-state index contributed by atoms with van der Waals surface area (Å²) in [6.07, 6.45) is 0. The first-order chi connectivity index (χ1) is 16.7. The molecule has 0 spiro atoms. The summed E-state index contributed by atoms with van der Waals surface area (Å²) in [6.45, 7) is 34.6. The van der Waals surface area contributed by atoms with Gasteiger partial charge in [0.1, 0.15) is 8.24 Å². The standard InChI is InChI=1S/C26H61NO6Si3/c1-14-28-35(29-15-2,30-16-3)22-24(7)20-27(34(12,13)26(9,10)11)21-25(8)23-36(31-17-4,32-18-5)33-19-6/h24-25H,14-23H2,1-13H3. The Labute approximate surface area is 227 Å². The monoisotopic (exact) mass is 567 g/mol. The van der Waals surface area contributed by atoms with Crippen LogP contribution >= 0.6 is 0 Å². The Balaban J connectivity index is 5.91. The van der Waals surface area contributed by atoms with Crippen LogP contribution in [-0.4, -0.2) is 83.1 Å². The molecule has 0 bridgehead atoms. The summed E-state index contributed by atoms with van der Waals surface area (Å²) in [5, 5.41) is 0.231. The highest BCUT2D eigenvalue weighted by atomic mass is 28.4. The van der Waals surface area contributed by atoms with Crippen LogP contribution in [0.25, 0.3) is 0 Å². The van der Waals surface area contributed by atoms with Gasteiger partial charge in [0, 0.05) is 51.7 Å². The fourth-order valence-corrected chi connectivity index (χ4v) is 13.0. The van der Waals surface area contributed by atoms with Crippen molar-refractivity contribution in [2.45, 2.75) is 106 Å². The minimum Gasteiger partial charge on any atom is -0.374 e. The zero-order chi connectivity index (χ0) is 28.0. The maximum atomic E-state index is 6.19. The Kier molecular flexibility index (Phi) is 17.3. The van der Waals surface area contributed by atoms with E-state index in [1.54, 1.807) is 0 Å². The van der Waals surface area contributed by atoms with Gasteiger partial charge in [0.25, 0.3) is 0 Å². The van der Waals surface area contributed by atoms with Crippen LogP contribution in [-0.2, 0) is 26.6 Å².